The molecule has 0 aliphatic rings. The summed E-state index contributed by atoms with van der Waals surface area (Å²) in [6, 6.07) is -2.14. The van der Waals surface area contributed by atoms with Gasteiger partial charge in [-0.3, -0.25) is 14.4 Å². The van der Waals surface area contributed by atoms with Crippen molar-refractivity contribution < 1.29 is 24.6 Å². The van der Waals surface area contributed by atoms with E-state index < -0.39 is 42.9 Å². The fraction of sp³-hybridized carbons (Fsp3) is 0.667. The number of aliphatic hydroxyl groups excluding tert-OH is 2. The molecule has 0 bridgehead atoms. The Morgan fingerprint density at radius 1 is 1.00 bits per heavy atom. The molecule has 0 rings (SSSR count). The summed E-state index contributed by atoms with van der Waals surface area (Å²) < 4.78 is 0. The van der Waals surface area contributed by atoms with Crippen LogP contribution in [0.5, 0.6) is 0 Å². The van der Waals surface area contributed by atoms with Crippen LogP contribution in [-0.4, -0.2) is 53.1 Å². The van der Waals surface area contributed by atoms with E-state index in [1.54, 1.807) is 0 Å². The Hall–Kier alpha value is -1.47. The summed E-state index contributed by atoms with van der Waals surface area (Å²) in [6.45, 7) is 1.30. The van der Waals surface area contributed by atoms with E-state index in [1.807, 2.05) is 0 Å². The topological polar surface area (TPSA) is 116 Å². The van der Waals surface area contributed by atoms with Gasteiger partial charge in [0.25, 0.3) is 0 Å². The van der Waals surface area contributed by atoms with Crippen LogP contribution in [0.15, 0.2) is 0 Å². The van der Waals surface area contributed by atoms with Crippen molar-refractivity contribution in [2.75, 3.05) is 13.2 Å². The summed E-state index contributed by atoms with van der Waals surface area (Å²) in [6.07, 6.45) is 0. The molecule has 7 heteroatoms. The third-order valence-corrected chi connectivity index (χ3v) is 1.87. The lowest BCUT2D eigenvalue weighted by molar-refractivity contribution is -0.132. The molecule has 2 atom stereocenters. The van der Waals surface area contributed by atoms with Crippen molar-refractivity contribution in [3.8, 4) is 0 Å². The zero-order valence-corrected chi connectivity index (χ0v) is 9.19. The molecular weight excluding hydrogens is 216 g/mol. The maximum Gasteiger partial charge on any atom is 0.245 e. The van der Waals surface area contributed by atoms with Gasteiger partial charge in [-0.2, -0.15) is 0 Å². The maximum atomic E-state index is 11.4. The number of amides is 2. The number of nitrogens with one attached hydrogen (secondary N) is 2. The van der Waals surface area contributed by atoms with Crippen LogP contribution >= 0.6 is 0 Å². The number of rotatable bonds is 6. The highest BCUT2D eigenvalue weighted by molar-refractivity contribution is 5.91. The van der Waals surface area contributed by atoms with E-state index in [0.29, 0.717) is 0 Å². The fourth-order valence-electron chi connectivity index (χ4n) is 0.988. The highest BCUT2D eigenvalue weighted by Gasteiger charge is 2.23. The molecule has 0 aliphatic carbocycles. The molecule has 0 radical (unpaired) electrons. The van der Waals surface area contributed by atoms with Gasteiger partial charge in [-0.25, -0.2) is 0 Å². The van der Waals surface area contributed by atoms with E-state index in [2.05, 4.69) is 10.6 Å². The number of Topliss-reactive ketones (excluding diaryl/α,β-unsaturated/α-hetero) is 1. The van der Waals surface area contributed by atoms with Crippen molar-refractivity contribution in [1.82, 2.24) is 10.6 Å². The number of hydrogen-bond donors (Lipinski definition) is 4. The van der Waals surface area contributed by atoms with Crippen molar-refractivity contribution in [3.05, 3.63) is 0 Å². The third-order valence-electron chi connectivity index (χ3n) is 1.87. The van der Waals surface area contributed by atoms with Crippen molar-refractivity contribution >= 4 is 17.6 Å². The molecule has 0 aromatic carbocycles. The SMILES string of the molecule is CC(=O)NC(CO)C(=O)NC(CO)C(C)=O. The lowest BCUT2D eigenvalue weighted by atomic mass is 10.2. The van der Waals surface area contributed by atoms with Gasteiger partial charge in [-0.1, -0.05) is 0 Å². The summed E-state index contributed by atoms with van der Waals surface area (Å²) in [5.41, 5.74) is 0. The molecule has 0 heterocycles. The normalized spacial score (nSPS) is 13.8. The smallest absolute Gasteiger partial charge is 0.245 e. The van der Waals surface area contributed by atoms with Crippen LogP contribution in [0, 0.1) is 0 Å². The Balaban J connectivity index is 4.40. The quantitative estimate of drug-likeness (QED) is 0.405. The number of ketones is 1. The van der Waals surface area contributed by atoms with Gasteiger partial charge < -0.3 is 20.8 Å². The van der Waals surface area contributed by atoms with E-state index in [9.17, 15) is 14.4 Å². The molecule has 2 unspecified atom stereocenters. The van der Waals surface area contributed by atoms with Crippen LogP contribution in [0.4, 0.5) is 0 Å². The Labute approximate surface area is 92.8 Å². The number of aliphatic hydroxyl groups is 2. The van der Waals surface area contributed by atoms with E-state index in [0.717, 1.165) is 0 Å². The van der Waals surface area contributed by atoms with Gasteiger partial charge in [0.1, 0.15) is 12.1 Å². The van der Waals surface area contributed by atoms with Crippen LogP contribution < -0.4 is 10.6 Å². The minimum Gasteiger partial charge on any atom is -0.394 e. The average molecular weight is 232 g/mol. The zero-order chi connectivity index (χ0) is 12.7. The highest BCUT2D eigenvalue weighted by Crippen LogP contribution is 1.89. The molecular formula is C9H16N2O5. The van der Waals surface area contributed by atoms with Gasteiger partial charge in [0.15, 0.2) is 5.78 Å². The predicted molar refractivity (Wildman–Crippen MR) is 54.4 cm³/mol. The molecule has 0 saturated carbocycles. The van der Waals surface area contributed by atoms with E-state index >= 15 is 0 Å². The molecule has 0 aliphatic heterocycles. The lowest BCUT2D eigenvalue weighted by Crippen LogP contribution is -2.53. The first-order valence-corrected chi connectivity index (χ1v) is 4.72. The average Bonchev–Trinajstić information content (AvgIpc) is 2.21. The summed E-state index contributed by atoms with van der Waals surface area (Å²) in [5, 5.41) is 22.1. The number of carbonyl (C=O) groups excluding carboxylic acids is 3. The van der Waals surface area contributed by atoms with Gasteiger partial charge in [0.2, 0.25) is 11.8 Å². The molecule has 16 heavy (non-hydrogen) atoms. The monoisotopic (exact) mass is 232 g/mol. The molecule has 0 saturated heterocycles. The minimum absolute atomic E-state index is 0.407. The largest absolute Gasteiger partial charge is 0.394 e. The minimum atomic E-state index is -1.12. The Morgan fingerprint density at radius 2 is 1.50 bits per heavy atom. The van der Waals surface area contributed by atoms with Crippen molar-refractivity contribution in [3.63, 3.8) is 0 Å². The highest BCUT2D eigenvalue weighted by atomic mass is 16.3. The predicted octanol–water partition coefficient (Wildman–Crippen LogP) is -2.45. The summed E-state index contributed by atoms with van der Waals surface area (Å²) >= 11 is 0. The molecule has 92 valence electrons. The third kappa shape index (κ3) is 4.85. The van der Waals surface area contributed by atoms with Crippen molar-refractivity contribution in [1.29, 1.82) is 0 Å². The maximum absolute atomic E-state index is 11.4. The number of carbonyl (C=O) groups is 3. The second-order valence-electron chi connectivity index (χ2n) is 3.29. The Morgan fingerprint density at radius 3 is 1.81 bits per heavy atom. The van der Waals surface area contributed by atoms with E-state index in [4.69, 9.17) is 10.2 Å². The van der Waals surface area contributed by atoms with Crippen LogP contribution in [0.25, 0.3) is 0 Å². The molecule has 2 amide bonds. The number of hydrogen-bond acceptors (Lipinski definition) is 5. The Bertz CT molecular complexity index is 279. The first-order chi connectivity index (χ1) is 7.42. The molecule has 0 spiro atoms. The molecule has 7 nitrogen and oxygen atoms in total. The Kier molecular flexibility index (Phi) is 6.28. The van der Waals surface area contributed by atoms with Crippen LogP contribution in [-0.2, 0) is 14.4 Å². The standard InChI is InChI=1S/C9H16N2O5/c1-5(14)7(3-12)11-9(16)8(4-13)10-6(2)15/h7-8,12-13H,3-4H2,1-2H3,(H,10,15)(H,11,16). The fourth-order valence-corrected chi connectivity index (χ4v) is 0.988. The first-order valence-electron chi connectivity index (χ1n) is 4.72. The van der Waals surface area contributed by atoms with E-state index in [-0.39, 0.29) is 0 Å². The second kappa shape index (κ2) is 6.91. The molecule has 0 fully saturated rings. The summed E-state index contributed by atoms with van der Waals surface area (Å²) in [5.74, 6) is -1.60. The van der Waals surface area contributed by atoms with E-state index in [1.165, 1.54) is 13.8 Å². The molecule has 0 aromatic heterocycles. The molecule has 0 aromatic rings. The summed E-state index contributed by atoms with van der Waals surface area (Å²) in [4.78, 5) is 33.0. The lowest BCUT2D eigenvalue weighted by Gasteiger charge is -2.18. The van der Waals surface area contributed by atoms with Crippen molar-refractivity contribution in [2.45, 2.75) is 25.9 Å². The first kappa shape index (κ1) is 14.5. The van der Waals surface area contributed by atoms with Crippen LogP contribution in [0.3, 0.4) is 0 Å². The second-order valence-corrected chi connectivity index (χ2v) is 3.29. The van der Waals surface area contributed by atoms with Crippen LogP contribution in [0.1, 0.15) is 13.8 Å². The summed E-state index contributed by atoms with van der Waals surface area (Å²) in [7, 11) is 0. The molecule has 4 N–H and O–H groups in total. The van der Waals surface area contributed by atoms with Gasteiger partial charge in [-0.15, -0.1) is 0 Å². The van der Waals surface area contributed by atoms with Gasteiger partial charge in [-0.05, 0) is 6.92 Å². The van der Waals surface area contributed by atoms with Gasteiger partial charge >= 0.3 is 0 Å². The van der Waals surface area contributed by atoms with Gasteiger partial charge in [0.05, 0.1) is 13.2 Å². The van der Waals surface area contributed by atoms with Crippen molar-refractivity contribution in [2.24, 2.45) is 0 Å². The van der Waals surface area contributed by atoms with Gasteiger partial charge in [0, 0.05) is 6.92 Å². The van der Waals surface area contributed by atoms with Crippen LogP contribution in [0.2, 0.25) is 0 Å². The zero-order valence-electron chi connectivity index (χ0n) is 9.19.